The molecule has 0 atom stereocenters. The molecule has 2 aromatic rings. The van der Waals surface area contributed by atoms with Gasteiger partial charge in [-0.05, 0) is 24.3 Å². The first-order valence-electron chi connectivity index (χ1n) is 4.52. The molecular formula is C13H11NS. The molecule has 0 spiro atoms. The summed E-state index contributed by atoms with van der Waals surface area (Å²) in [5.74, 6) is 0. The van der Waals surface area contributed by atoms with E-state index in [1.54, 1.807) is 12.1 Å². The van der Waals surface area contributed by atoms with E-state index in [4.69, 9.17) is 5.26 Å². The summed E-state index contributed by atoms with van der Waals surface area (Å²) in [5, 5.41) is 8.29. The third kappa shape index (κ3) is 4.90. The summed E-state index contributed by atoms with van der Waals surface area (Å²) in [7, 11) is 0. The zero-order valence-electron chi connectivity index (χ0n) is 8.17. The van der Waals surface area contributed by atoms with Crippen molar-refractivity contribution in [2.75, 3.05) is 0 Å². The molecule has 0 bridgehead atoms. The van der Waals surface area contributed by atoms with Crippen LogP contribution in [0.15, 0.2) is 65.6 Å². The van der Waals surface area contributed by atoms with Crippen LogP contribution in [-0.2, 0) is 0 Å². The molecule has 0 aliphatic carbocycles. The Bertz CT molecular complexity index is 417. The van der Waals surface area contributed by atoms with Gasteiger partial charge in [0.15, 0.2) is 0 Å². The molecule has 1 nitrogen and oxygen atoms in total. The predicted molar refractivity (Wildman–Crippen MR) is 64.9 cm³/mol. The molecule has 2 aromatic carbocycles. The summed E-state index contributed by atoms with van der Waals surface area (Å²) < 4.78 is 0. The van der Waals surface area contributed by atoms with Gasteiger partial charge >= 0.3 is 0 Å². The number of benzene rings is 2. The smallest absolute Gasteiger partial charge is 0.0991 e. The Kier molecular flexibility index (Phi) is 5.07. The highest BCUT2D eigenvalue weighted by Crippen LogP contribution is 2.00. The number of nitriles is 1. The van der Waals surface area contributed by atoms with Gasteiger partial charge in [-0.2, -0.15) is 5.26 Å². The Morgan fingerprint density at radius 2 is 1.27 bits per heavy atom. The molecule has 0 aliphatic heterocycles. The lowest BCUT2D eigenvalue weighted by atomic mass is 10.2. The van der Waals surface area contributed by atoms with Crippen molar-refractivity contribution in [3.63, 3.8) is 0 Å². The summed E-state index contributed by atoms with van der Waals surface area (Å²) in [6.45, 7) is 0. The Hall–Kier alpha value is -1.72. The lowest BCUT2D eigenvalue weighted by Gasteiger charge is -1.81. The van der Waals surface area contributed by atoms with Crippen LogP contribution in [0.3, 0.4) is 0 Å². The Labute approximate surface area is 95.4 Å². The zero-order valence-corrected chi connectivity index (χ0v) is 9.06. The van der Waals surface area contributed by atoms with Gasteiger partial charge in [-0.1, -0.05) is 36.4 Å². The molecule has 0 heterocycles. The van der Waals surface area contributed by atoms with Crippen molar-refractivity contribution >= 4 is 12.6 Å². The van der Waals surface area contributed by atoms with Crippen molar-refractivity contribution < 1.29 is 0 Å². The molecule has 0 fully saturated rings. The second-order valence-corrected chi connectivity index (χ2v) is 3.33. The molecule has 0 N–H and O–H groups in total. The average molecular weight is 213 g/mol. The lowest BCUT2D eigenvalue weighted by Crippen LogP contribution is -1.66. The highest BCUT2D eigenvalue weighted by molar-refractivity contribution is 7.80. The Morgan fingerprint density at radius 1 is 0.800 bits per heavy atom. The van der Waals surface area contributed by atoms with E-state index in [-0.39, 0.29) is 0 Å². The van der Waals surface area contributed by atoms with Crippen LogP contribution in [-0.4, -0.2) is 0 Å². The van der Waals surface area contributed by atoms with Gasteiger partial charge in [-0.25, -0.2) is 0 Å². The van der Waals surface area contributed by atoms with Crippen LogP contribution in [0.5, 0.6) is 0 Å². The Morgan fingerprint density at radius 3 is 1.53 bits per heavy atom. The monoisotopic (exact) mass is 213 g/mol. The third-order valence-corrected chi connectivity index (χ3v) is 1.96. The van der Waals surface area contributed by atoms with Gasteiger partial charge in [0.1, 0.15) is 0 Å². The third-order valence-electron chi connectivity index (χ3n) is 1.66. The van der Waals surface area contributed by atoms with E-state index in [9.17, 15) is 0 Å². The lowest BCUT2D eigenvalue weighted by molar-refractivity contribution is 1.48. The van der Waals surface area contributed by atoms with E-state index in [0.29, 0.717) is 5.56 Å². The molecular weight excluding hydrogens is 202 g/mol. The molecule has 74 valence electrons. The fourth-order valence-corrected chi connectivity index (χ4v) is 1.11. The van der Waals surface area contributed by atoms with Gasteiger partial charge in [0.25, 0.3) is 0 Å². The maximum Gasteiger partial charge on any atom is 0.0991 e. The van der Waals surface area contributed by atoms with E-state index in [2.05, 4.69) is 12.6 Å². The fraction of sp³-hybridized carbons (Fsp3) is 0. The van der Waals surface area contributed by atoms with Gasteiger partial charge in [0, 0.05) is 4.90 Å². The maximum atomic E-state index is 8.29. The SMILES string of the molecule is N#Cc1ccccc1.Sc1ccccc1. The summed E-state index contributed by atoms with van der Waals surface area (Å²) in [5.41, 5.74) is 0.715. The van der Waals surface area contributed by atoms with Gasteiger partial charge in [-0.15, -0.1) is 12.6 Å². The van der Waals surface area contributed by atoms with Crippen LogP contribution in [0, 0.1) is 11.3 Å². The molecule has 2 rings (SSSR count). The average Bonchev–Trinajstić information content (AvgIpc) is 2.32. The van der Waals surface area contributed by atoms with Gasteiger partial charge in [0.2, 0.25) is 0 Å². The second kappa shape index (κ2) is 6.69. The number of thiol groups is 1. The molecule has 0 amide bonds. The van der Waals surface area contributed by atoms with Crippen molar-refractivity contribution in [1.29, 1.82) is 5.26 Å². The molecule has 2 heteroatoms. The van der Waals surface area contributed by atoms with Gasteiger partial charge < -0.3 is 0 Å². The van der Waals surface area contributed by atoms with Crippen molar-refractivity contribution in [2.45, 2.75) is 4.90 Å². The van der Waals surface area contributed by atoms with Crippen molar-refractivity contribution in [3.8, 4) is 6.07 Å². The summed E-state index contributed by atoms with van der Waals surface area (Å²) >= 11 is 4.08. The van der Waals surface area contributed by atoms with E-state index in [0.717, 1.165) is 4.90 Å². The first-order chi connectivity index (χ1) is 7.33. The first-order valence-corrected chi connectivity index (χ1v) is 4.97. The molecule has 0 saturated heterocycles. The quantitative estimate of drug-likeness (QED) is 0.665. The second-order valence-electron chi connectivity index (χ2n) is 2.81. The van der Waals surface area contributed by atoms with Crippen molar-refractivity contribution in [1.82, 2.24) is 0 Å². The van der Waals surface area contributed by atoms with Gasteiger partial charge in [-0.3, -0.25) is 0 Å². The fourth-order valence-electron chi connectivity index (χ4n) is 0.941. The molecule has 0 aliphatic rings. The Balaban J connectivity index is 0.000000151. The minimum Gasteiger partial charge on any atom is -0.192 e. The van der Waals surface area contributed by atoms with Gasteiger partial charge in [0.05, 0.1) is 11.6 Å². The molecule has 15 heavy (non-hydrogen) atoms. The van der Waals surface area contributed by atoms with E-state index >= 15 is 0 Å². The highest BCUT2D eigenvalue weighted by Gasteiger charge is 1.79. The minimum atomic E-state index is 0.715. The largest absolute Gasteiger partial charge is 0.192 e. The van der Waals surface area contributed by atoms with Crippen LogP contribution in [0.1, 0.15) is 5.56 Å². The van der Waals surface area contributed by atoms with E-state index < -0.39 is 0 Å². The molecule has 0 aromatic heterocycles. The highest BCUT2D eigenvalue weighted by atomic mass is 32.1. The van der Waals surface area contributed by atoms with Crippen molar-refractivity contribution in [2.24, 2.45) is 0 Å². The molecule has 0 unspecified atom stereocenters. The maximum absolute atomic E-state index is 8.29. The summed E-state index contributed by atoms with van der Waals surface area (Å²) in [4.78, 5) is 1.02. The number of nitrogens with zero attached hydrogens (tertiary/aromatic N) is 1. The van der Waals surface area contributed by atoms with E-state index in [1.165, 1.54) is 0 Å². The van der Waals surface area contributed by atoms with Crippen LogP contribution in [0.25, 0.3) is 0 Å². The predicted octanol–water partition coefficient (Wildman–Crippen LogP) is 3.53. The number of hydrogen-bond donors (Lipinski definition) is 1. The topological polar surface area (TPSA) is 23.8 Å². The normalized spacial score (nSPS) is 8.27. The summed E-state index contributed by atoms with van der Waals surface area (Å²) in [6.07, 6.45) is 0. The van der Waals surface area contributed by atoms with Crippen LogP contribution >= 0.6 is 12.6 Å². The van der Waals surface area contributed by atoms with Crippen LogP contribution in [0.4, 0.5) is 0 Å². The van der Waals surface area contributed by atoms with Crippen LogP contribution < -0.4 is 0 Å². The summed E-state index contributed by atoms with van der Waals surface area (Å²) in [6, 6.07) is 21.0. The van der Waals surface area contributed by atoms with E-state index in [1.807, 2.05) is 54.6 Å². The molecule has 0 saturated carbocycles. The standard InChI is InChI=1S/C7H5N.C6H6S/c8-6-7-4-2-1-3-5-7;7-6-4-2-1-3-5-6/h1-5H;1-5,7H. The number of hydrogen-bond acceptors (Lipinski definition) is 2. The number of rotatable bonds is 0. The van der Waals surface area contributed by atoms with Crippen molar-refractivity contribution in [3.05, 3.63) is 66.2 Å². The zero-order chi connectivity index (χ0) is 10.9. The van der Waals surface area contributed by atoms with Crippen LogP contribution in [0.2, 0.25) is 0 Å². The first kappa shape index (κ1) is 11.4. The molecule has 0 radical (unpaired) electrons. The minimum absolute atomic E-state index is 0.715.